The summed E-state index contributed by atoms with van der Waals surface area (Å²) in [5.74, 6) is 0.330. The number of carbonyl (C=O) groups is 2. The molecular weight excluding hydrogens is 448 g/mol. The van der Waals surface area contributed by atoms with E-state index < -0.39 is 0 Å². The van der Waals surface area contributed by atoms with Gasteiger partial charge in [-0.15, -0.1) is 11.3 Å². The summed E-state index contributed by atoms with van der Waals surface area (Å²) < 4.78 is 5.90. The Morgan fingerprint density at radius 1 is 1.00 bits per heavy atom. The predicted molar refractivity (Wildman–Crippen MR) is 132 cm³/mol. The first-order valence-electron chi connectivity index (χ1n) is 11.0. The van der Waals surface area contributed by atoms with Gasteiger partial charge in [-0.2, -0.15) is 5.10 Å². The summed E-state index contributed by atoms with van der Waals surface area (Å²) >= 11 is 1.34. The molecule has 0 atom stereocenters. The van der Waals surface area contributed by atoms with Crippen LogP contribution in [0.4, 0.5) is 5.13 Å². The molecule has 5 rings (SSSR count). The standard InChI is InChI=1S/C26H22N4O3S/c1-16-22-20(8-5-9-21(22)33-23(16)25(32)28-26-27-14-15-34-26)29-30-24(31)19-12-10-18(11-13-19)17-6-3-2-4-7-17/h2-4,6-7,10-15H,5,8-9H2,1H3,(H,30,31)(H,27,28,32)/b29-20+. The molecule has 0 fully saturated rings. The Morgan fingerprint density at radius 2 is 1.76 bits per heavy atom. The maximum Gasteiger partial charge on any atom is 0.293 e. The number of benzene rings is 2. The maximum absolute atomic E-state index is 12.7. The molecule has 0 saturated heterocycles. The minimum atomic E-state index is -0.344. The molecule has 170 valence electrons. The van der Waals surface area contributed by atoms with Crippen LogP contribution in [0.25, 0.3) is 11.1 Å². The number of fused-ring (bicyclic) bond motifs is 1. The van der Waals surface area contributed by atoms with Gasteiger partial charge in [0.1, 0.15) is 5.76 Å². The van der Waals surface area contributed by atoms with Gasteiger partial charge in [0.2, 0.25) is 0 Å². The zero-order chi connectivity index (χ0) is 23.5. The first-order chi connectivity index (χ1) is 16.6. The van der Waals surface area contributed by atoms with Crippen LogP contribution >= 0.6 is 11.3 Å². The summed E-state index contributed by atoms with van der Waals surface area (Å²) in [6.07, 6.45) is 3.86. The fourth-order valence-corrected chi connectivity index (χ4v) is 4.59. The average Bonchev–Trinajstić information content (AvgIpc) is 3.51. The second-order valence-corrected chi connectivity index (χ2v) is 8.84. The molecule has 0 bridgehead atoms. The van der Waals surface area contributed by atoms with Gasteiger partial charge < -0.3 is 4.42 Å². The van der Waals surface area contributed by atoms with Crippen molar-refractivity contribution >= 4 is 34.0 Å². The number of hydrogen-bond acceptors (Lipinski definition) is 6. The Bertz CT molecular complexity index is 1360. The third-order valence-electron chi connectivity index (χ3n) is 5.73. The molecule has 0 radical (unpaired) electrons. The van der Waals surface area contributed by atoms with E-state index in [1.165, 1.54) is 11.3 Å². The highest BCUT2D eigenvalue weighted by Crippen LogP contribution is 2.30. The van der Waals surface area contributed by atoms with Gasteiger partial charge in [0.15, 0.2) is 10.9 Å². The van der Waals surface area contributed by atoms with Gasteiger partial charge in [0, 0.05) is 34.7 Å². The molecular formula is C26H22N4O3S. The summed E-state index contributed by atoms with van der Waals surface area (Å²) in [5, 5.41) is 9.46. The number of hydrogen-bond donors (Lipinski definition) is 2. The minimum absolute atomic E-state index is 0.248. The van der Waals surface area contributed by atoms with E-state index in [0.717, 1.165) is 23.1 Å². The van der Waals surface area contributed by atoms with Gasteiger partial charge in [-0.3, -0.25) is 14.9 Å². The molecule has 0 spiro atoms. The molecule has 1 aliphatic carbocycles. The van der Waals surface area contributed by atoms with Crippen LogP contribution in [0.5, 0.6) is 0 Å². The number of carbonyl (C=O) groups excluding carboxylic acids is 2. The third-order valence-corrected chi connectivity index (χ3v) is 6.42. The highest BCUT2D eigenvalue weighted by atomic mass is 32.1. The SMILES string of the molecule is Cc1c(C(=O)Nc2nccs2)oc2c1/C(=N/NC(=O)c1ccc(-c3ccccc3)cc1)CCC2. The van der Waals surface area contributed by atoms with E-state index in [4.69, 9.17) is 4.42 Å². The van der Waals surface area contributed by atoms with Crippen LogP contribution in [-0.4, -0.2) is 22.5 Å². The molecule has 2 aromatic heterocycles. The molecule has 0 saturated carbocycles. The van der Waals surface area contributed by atoms with Crippen LogP contribution in [0.2, 0.25) is 0 Å². The van der Waals surface area contributed by atoms with Gasteiger partial charge >= 0.3 is 0 Å². The lowest BCUT2D eigenvalue weighted by molar-refractivity contribution is 0.0953. The topological polar surface area (TPSA) is 96.6 Å². The third kappa shape index (κ3) is 4.40. The summed E-state index contributed by atoms with van der Waals surface area (Å²) in [4.78, 5) is 29.5. The van der Waals surface area contributed by atoms with E-state index in [0.29, 0.717) is 40.6 Å². The highest BCUT2D eigenvalue weighted by molar-refractivity contribution is 7.13. The molecule has 8 heteroatoms. The average molecular weight is 471 g/mol. The van der Waals surface area contributed by atoms with Crippen LogP contribution in [0, 0.1) is 6.92 Å². The number of nitrogens with zero attached hydrogens (tertiary/aromatic N) is 2. The van der Waals surface area contributed by atoms with E-state index >= 15 is 0 Å². The number of aromatic nitrogens is 1. The van der Waals surface area contributed by atoms with Crippen molar-refractivity contribution in [2.75, 3.05) is 5.32 Å². The molecule has 2 amide bonds. The number of nitrogens with one attached hydrogen (secondary N) is 2. The zero-order valence-electron chi connectivity index (χ0n) is 18.5. The lowest BCUT2D eigenvalue weighted by Gasteiger charge is -2.13. The molecule has 1 aliphatic rings. The van der Waals surface area contributed by atoms with E-state index in [-0.39, 0.29) is 17.6 Å². The van der Waals surface area contributed by atoms with E-state index in [1.807, 2.05) is 49.4 Å². The fourth-order valence-electron chi connectivity index (χ4n) is 4.06. The maximum atomic E-state index is 12.7. The second kappa shape index (κ2) is 9.44. The van der Waals surface area contributed by atoms with Crippen molar-refractivity contribution in [2.24, 2.45) is 5.10 Å². The largest absolute Gasteiger partial charge is 0.455 e. The first-order valence-corrected chi connectivity index (χ1v) is 11.8. The summed E-state index contributed by atoms with van der Waals surface area (Å²) in [5.41, 5.74) is 7.55. The lowest BCUT2D eigenvalue weighted by atomic mass is 9.93. The quantitative estimate of drug-likeness (QED) is 0.380. The number of aryl methyl sites for hydroxylation is 1. The normalized spacial score (nSPS) is 14.0. The van der Waals surface area contributed by atoms with Crippen LogP contribution < -0.4 is 10.7 Å². The smallest absolute Gasteiger partial charge is 0.293 e. The van der Waals surface area contributed by atoms with Gasteiger partial charge in [-0.25, -0.2) is 10.4 Å². The van der Waals surface area contributed by atoms with Crippen molar-refractivity contribution in [3.63, 3.8) is 0 Å². The van der Waals surface area contributed by atoms with E-state index in [2.05, 4.69) is 20.8 Å². The molecule has 34 heavy (non-hydrogen) atoms. The molecule has 2 heterocycles. The molecule has 0 unspecified atom stereocenters. The van der Waals surface area contributed by atoms with Gasteiger partial charge in [0.25, 0.3) is 11.8 Å². The molecule has 0 aliphatic heterocycles. The van der Waals surface area contributed by atoms with Gasteiger partial charge in [-0.1, -0.05) is 42.5 Å². The van der Waals surface area contributed by atoms with Crippen molar-refractivity contribution in [1.82, 2.24) is 10.4 Å². The molecule has 4 aromatic rings. The summed E-state index contributed by atoms with van der Waals surface area (Å²) in [6.45, 7) is 1.84. The molecule has 2 aromatic carbocycles. The van der Waals surface area contributed by atoms with Crippen molar-refractivity contribution in [3.05, 3.63) is 94.4 Å². The van der Waals surface area contributed by atoms with E-state index in [9.17, 15) is 9.59 Å². The van der Waals surface area contributed by atoms with Crippen LogP contribution in [0.3, 0.4) is 0 Å². The Balaban J connectivity index is 1.33. The number of rotatable bonds is 5. The van der Waals surface area contributed by atoms with Crippen LogP contribution in [0.1, 0.15) is 50.6 Å². The Kier molecular flexibility index (Phi) is 6.05. The van der Waals surface area contributed by atoms with Crippen molar-refractivity contribution in [3.8, 4) is 11.1 Å². The number of anilines is 1. The van der Waals surface area contributed by atoms with E-state index in [1.54, 1.807) is 23.7 Å². The second-order valence-electron chi connectivity index (χ2n) is 7.94. The van der Waals surface area contributed by atoms with Crippen molar-refractivity contribution in [2.45, 2.75) is 26.2 Å². The van der Waals surface area contributed by atoms with Gasteiger partial charge in [0.05, 0.1) is 5.71 Å². The van der Waals surface area contributed by atoms with Crippen LogP contribution in [-0.2, 0) is 6.42 Å². The van der Waals surface area contributed by atoms with Crippen molar-refractivity contribution in [1.29, 1.82) is 0 Å². The first kappa shape index (κ1) is 21.8. The number of thiazole rings is 1. The fraction of sp³-hybridized carbons (Fsp3) is 0.154. The minimum Gasteiger partial charge on any atom is -0.455 e. The Morgan fingerprint density at radius 3 is 2.50 bits per heavy atom. The zero-order valence-corrected chi connectivity index (χ0v) is 19.3. The number of amides is 2. The number of furan rings is 1. The monoisotopic (exact) mass is 470 g/mol. The Labute approximate surface area is 200 Å². The summed E-state index contributed by atoms with van der Waals surface area (Å²) in [7, 11) is 0. The van der Waals surface area contributed by atoms with Crippen molar-refractivity contribution < 1.29 is 14.0 Å². The Hall–Kier alpha value is -4.04. The highest BCUT2D eigenvalue weighted by Gasteiger charge is 2.28. The predicted octanol–water partition coefficient (Wildman–Crippen LogP) is 5.43. The van der Waals surface area contributed by atoms with Crippen LogP contribution in [0.15, 0.2) is 75.7 Å². The summed E-state index contributed by atoms with van der Waals surface area (Å²) in [6, 6.07) is 17.4. The lowest BCUT2D eigenvalue weighted by Crippen LogP contribution is -2.22. The molecule has 2 N–H and O–H groups in total. The molecule has 7 nitrogen and oxygen atoms in total. The number of hydrazone groups is 1. The van der Waals surface area contributed by atoms with Gasteiger partial charge in [-0.05, 0) is 43.0 Å².